The lowest BCUT2D eigenvalue weighted by atomic mass is 10.1. The Hall–Kier alpha value is -1.98. The Kier molecular flexibility index (Phi) is 4.21. The van der Waals surface area contributed by atoms with Crippen LogP contribution in [0.5, 0.6) is 5.75 Å². The van der Waals surface area contributed by atoms with Gasteiger partial charge in [-0.1, -0.05) is 22.0 Å². The first-order valence-electron chi connectivity index (χ1n) is 8.11. The van der Waals surface area contributed by atoms with E-state index in [2.05, 4.69) is 50.0 Å². The third kappa shape index (κ3) is 3.01. The summed E-state index contributed by atoms with van der Waals surface area (Å²) in [4.78, 5) is 4.88. The summed E-state index contributed by atoms with van der Waals surface area (Å²) in [5, 5.41) is 10.9. The van der Waals surface area contributed by atoms with Crippen molar-refractivity contribution in [1.82, 2.24) is 4.90 Å². The Morgan fingerprint density at radius 1 is 0.958 bits per heavy atom. The molecule has 1 aromatic heterocycles. The van der Waals surface area contributed by atoms with E-state index in [1.54, 1.807) is 12.3 Å². The predicted molar refractivity (Wildman–Crippen MR) is 99.5 cm³/mol. The molecule has 0 radical (unpaired) electrons. The van der Waals surface area contributed by atoms with Gasteiger partial charge < -0.3 is 14.4 Å². The van der Waals surface area contributed by atoms with E-state index in [4.69, 9.17) is 4.42 Å². The number of phenolic OH excluding ortho intramolecular Hbond substituents is 1. The molecule has 4 rings (SSSR count). The van der Waals surface area contributed by atoms with Crippen LogP contribution in [0.1, 0.15) is 5.56 Å². The number of hydrogen-bond acceptors (Lipinski definition) is 4. The number of nitrogens with zero attached hydrogens (tertiary/aromatic N) is 2. The summed E-state index contributed by atoms with van der Waals surface area (Å²) in [6, 6.07) is 14.2. The summed E-state index contributed by atoms with van der Waals surface area (Å²) in [5.41, 5.74) is 3.06. The molecule has 0 atom stereocenters. The molecule has 5 heteroatoms. The summed E-state index contributed by atoms with van der Waals surface area (Å²) < 4.78 is 6.49. The van der Waals surface area contributed by atoms with E-state index < -0.39 is 0 Å². The van der Waals surface area contributed by atoms with Crippen molar-refractivity contribution in [2.75, 3.05) is 31.1 Å². The number of hydrogen-bond donors (Lipinski definition) is 1. The highest BCUT2D eigenvalue weighted by atomic mass is 79.9. The SMILES string of the molecule is Oc1ccc(CN2CCN(c3ccc(Br)cc3)CC2)c2ccoc12. The largest absolute Gasteiger partial charge is 0.504 e. The molecule has 3 aromatic rings. The van der Waals surface area contributed by atoms with Gasteiger partial charge in [0.15, 0.2) is 11.3 Å². The molecule has 1 aliphatic rings. The minimum Gasteiger partial charge on any atom is -0.504 e. The number of fused-ring (bicyclic) bond motifs is 1. The summed E-state index contributed by atoms with van der Waals surface area (Å²) in [6.07, 6.45) is 1.64. The van der Waals surface area contributed by atoms with Crippen molar-refractivity contribution in [3.63, 3.8) is 0 Å². The molecular weight excluding hydrogens is 368 g/mol. The zero-order valence-corrected chi connectivity index (χ0v) is 14.9. The molecule has 0 bridgehead atoms. The first-order chi connectivity index (χ1) is 11.7. The molecular formula is C19H19BrN2O2. The fourth-order valence-corrected chi connectivity index (χ4v) is 3.56. The van der Waals surface area contributed by atoms with Gasteiger partial charge in [-0.15, -0.1) is 0 Å². The fraction of sp³-hybridized carbons (Fsp3) is 0.263. The highest BCUT2D eigenvalue weighted by Crippen LogP contribution is 2.29. The maximum atomic E-state index is 9.85. The quantitative estimate of drug-likeness (QED) is 0.731. The smallest absolute Gasteiger partial charge is 0.175 e. The standard InChI is InChI=1S/C19H19BrN2O2/c20-15-2-4-16(5-3-15)22-10-8-21(9-11-22)13-14-1-6-18(23)19-17(14)7-12-24-19/h1-7,12,23H,8-11,13H2. The van der Waals surface area contributed by atoms with Crippen molar-refractivity contribution in [2.45, 2.75) is 6.54 Å². The Morgan fingerprint density at radius 2 is 1.71 bits per heavy atom. The number of furan rings is 1. The van der Waals surface area contributed by atoms with Crippen molar-refractivity contribution < 1.29 is 9.52 Å². The van der Waals surface area contributed by atoms with Gasteiger partial charge in [0.05, 0.1) is 6.26 Å². The Labute approximate surface area is 149 Å². The van der Waals surface area contributed by atoms with Gasteiger partial charge in [-0.25, -0.2) is 0 Å². The van der Waals surface area contributed by atoms with Crippen LogP contribution in [0.15, 0.2) is 57.6 Å². The second-order valence-electron chi connectivity index (χ2n) is 6.15. The minimum absolute atomic E-state index is 0.207. The molecule has 4 nitrogen and oxygen atoms in total. The van der Waals surface area contributed by atoms with Gasteiger partial charge in [-0.3, -0.25) is 4.90 Å². The van der Waals surface area contributed by atoms with Crippen LogP contribution >= 0.6 is 15.9 Å². The van der Waals surface area contributed by atoms with Crippen molar-refractivity contribution in [2.24, 2.45) is 0 Å². The van der Waals surface area contributed by atoms with Crippen LogP contribution in [0.4, 0.5) is 5.69 Å². The highest BCUT2D eigenvalue weighted by molar-refractivity contribution is 9.10. The molecule has 1 aliphatic heterocycles. The molecule has 0 unspecified atom stereocenters. The van der Waals surface area contributed by atoms with Crippen LogP contribution in [0.2, 0.25) is 0 Å². The van der Waals surface area contributed by atoms with Crippen LogP contribution < -0.4 is 4.90 Å². The maximum Gasteiger partial charge on any atom is 0.175 e. The number of anilines is 1. The first-order valence-corrected chi connectivity index (χ1v) is 8.91. The van der Waals surface area contributed by atoms with Gasteiger partial charge in [0.1, 0.15) is 0 Å². The lowest BCUT2D eigenvalue weighted by Crippen LogP contribution is -2.45. The molecule has 0 saturated carbocycles. The third-order valence-corrected chi connectivity index (χ3v) is 5.17. The van der Waals surface area contributed by atoms with Crippen LogP contribution in [-0.2, 0) is 6.54 Å². The topological polar surface area (TPSA) is 39.9 Å². The highest BCUT2D eigenvalue weighted by Gasteiger charge is 2.18. The van der Waals surface area contributed by atoms with Crippen LogP contribution in [0.3, 0.4) is 0 Å². The van der Waals surface area contributed by atoms with E-state index >= 15 is 0 Å². The molecule has 24 heavy (non-hydrogen) atoms. The van der Waals surface area contributed by atoms with E-state index in [0.717, 1.165) is 42.6 Å². The van der Waals surface area contributed by atoms with Crippen molar-refractivity contribution in [1.29, 1.82) is 0 Å². The molecule has 1 fully saturated rings. The van der Waals surface area contributed by atoms with Crippen molar-refractivity contribution in [3.05, 3.63) is 58.8 Å². The van der Waals surface area contributed by atoms with E-state index in [0.29, 0.717) is 5.58 Å². The van der Waals surface area contributed by atoms with Gasteiger partial charge in [0.2, 0.25) is 0 Å². The van der Waals surface area contributed by atoms with E-state index in [-0.39, 0.29) is 5.75 Å². The molecule has 1 saturated heterocycles. The lowest BCUT2D eigenvalue weighted by molar-refractivity contribution is 0.250. The van der Waals surface area contributed by atoms with E-state index in [1.165, 1.54) is 11.3 Å². The molecule has 2 aromatic carbocycles. The summed E-state index contributed by atoms with van der Waals surface area (Å²) in [5.74, 6) is 0.207. The van der Waals surface area contributed by atoms with Gasteiger partial charge in [-0.05, 0) is 42.0 Å². The van der Waals surface area contributed by atoms with Gasteiger partial charge in [-0.2, -0.15) is 0 Å². The Bertz CT molecular complexity index is 836. The van der Waals surface area contributed by atoms with Crippen LogP contribution in [0, 0.1) is 0 Å². The third-order valence-electron chi connectivity index (χ3n) is 4.64. The number of aromatic hydroxyl groups is 1. The maximum absolute atomic E-state index is 9.85. The average molecular weight is 387 g/mol. The fourth-order valence-electron chi connectivity index (χ4n) is 3.30. The van der Waals surface area contributed by atoms with Crippen molar-refractivity contribution in [3.8, 4) is 5.75 Å². The summed E-state index contributed by atoms with van der Waals surface area (Å²) >= 11 is 3.49. The number of rotatable bonds is 3. The monoisotopic (exact) mass is 386 g/mol. The second kappa shape index (κ2) is 6.49. The first kappa shape index (κ1) is 15.5. The second-order valence-corrected chi connectivity index (χ2v) is 7.06. The lowest BCUT2D eigenvalue weighted by Gasteiger charge is -2.36. The Balaban J connectivity index is 1.43. The zero-order chi connectivity index (χ0) is 16.5. The Morgan fingerprint density at radius 3 is 2.46 bits per heavy atom. The van der Waals surface area contributed by atoms with Crippen molar-refractivity contribution >= 4 is 32.6 Å². The average Bonchev–Trinajstić information content (AvgIpc) is 3.10. The normalized spacial score (nSPS) is 16.0. The summed E-state index contributed by atoms with van der Waals surface area (Å²) in [6.45, 7) is 4.97. The molecule has 0 amide bonds. The van der Waals surface area contributed by atoms with Crippen LogP contribution in [-0.4, -0.2) is 36.2 Å². The van der Waals surface area contributed by atoms with E-state index in [1.807, 2.05) is 12.1 Å². The van der Waals surface area contributed by atoms with Gasteiger partial charge in [0.25, 0.3) is 0 Å². The number of halogens is 1. The van der Waals surface area contributed by atoms with Crippen LogP contribution in [0.25, 0.3) is 11.0 Å². The summed E-state index contributed by atoms with van der Waals surface area (Å²) in [7, 11) is 0. The molecule has 124 valence electrons. The zero-order valence-electron chi connectivity index (χ0n) is 13.3. The number of benzene rings is 2. The molecule has 0 spiro atoms. The molecule has 1 N–H and O–H groups in total. The predicted octanol–water partition coefficient (Wildman–Crippen LogP) is 4.22. The van der Waals surface area contributed by atoms with Gasteiger partial charge in [0, 0.05) is 48.3 Å². The van der Waals surface area contributed by atoms with E-state index in [9.17, 15) is 5.11 Å². The van der Waals surface area contributed by atoms with Gasteiger partial charge >= 0.3 is 0 Å². The minimum atomic E-state index is 0.207. The molecule has 2 heterocycles. The number of piperazine rings is 1. The molecule has 0 aliphatic carbocycles. The number of phenols is 1.